The van der Waals surface area contributed by atoms with Crippen molar-refractivity contribution in [3.8, 4) is 0 Å². The maximum atomic E-state index is 12.4. The van der Waals surface area contributed by atoms with Crippen molar-refractivity contribution in [2.24, 2.45) is 0 Å². The van der Waals surface area contributed by atoms with E-state index in [0.29, 0.717) is 6.54 Å². The van der Waals surface area contributed by atoms with Crippen molar-refractivity contribution in [1.82, 2.24) is 15.1 Å². The van der Waals surface area contributed by atoms with Crippen molar-refractivity contribution < 1.29 is 4.79 Å². The number of hydrogen-bond acceptors (Lipinski definition) is 2. The number of nitrogens with one attached hydrogen (secondary N) is 1. The molecular weight excluding hydrogens is 310 g/mol. The van der Waals surface area contributed by atoms with Crippen LogP contribution in [0.2, 0.25) is 0 Å². The molecular formula is C21H27N3O. The molecule has 0 saturated carbocycles. The predicted octanol–water partition coefficient (Wildman–Crippen LogP) is 3.33. The SMILES string of the molecule is Cc1ccc(CN2CCN(C(=O)NCc3cccc(C)c3)CC2)cc1. The lowest BCUT2D eigenvalue weighted by Gasteiger charge is -2.34. The molecule has 2 aromatic carbocycles. The molecule has 0 spiro atoms. The number of aryl methyl sites for hydroxylation is 2. The van der Waals surface area contributed by atoms with Gasteiger partial charge in [-0.2, -0.15) is 0 Å². The lowest BCUT2D eigenvalue weighted by molar-refractivity contribution is 0.135. The van der Waals surface area contributed by atoms with Gasteiger partial charge in [0.1, 0.15) is 0 Å². The van der Waals surface area contributed by atoms with Gasteiger partial charge in [0.25, 0.3) is 0 Å². The fraction of sp³-hybridized carbons (Fsp3) is 0.381. The molecule has 2 aromatic rings. The van der Waals surface area contributed by atoms with E-state index in [-0.39, 0.29) is 6.03 Å². The number of amides is 2. The quantitative estimate of drug-likeness (QED) is 0.929. The molecule has 0 atom stereocenters. The molecule has 1 N–H and O–H groups in total. The van der Waals surface area contributed by atoms with Crippen molar-refractivity contribution in [3.05, 3.63) is 70.8 Å². The molecule has 2 amide bonds. The second kappa shape index (κ2) is 8.17. The number of benzene rings is 2. The smallest absolute Gasteiger partial charge is 0.317 e. The van der Waals surface area contributed by atoms with Gasteiger partial charge in [0.05, 0.1) is 0 Å². The van der Waals surface area contributed by atoms with Crippen molar-refractivity contribution >= 4 is 6.03 Å². The van der Waals surface area contributed by atoms with E-state index < -0.39 is 0 Å². The van der Waals surface area contributed by atoms with Gasteiger partial charge in [-0.15, -0.1) is 0 Å². The molecule has 132 valence electrons. The molecule has 1 heterocycles. The van der Waals surface area contributed by atoms with E-state index in [1.807, 2.05) is 17.0 Å². The average molecular weight is 337 g/mol. The highest BCUT2D eigenvalue weighted by atomic mass is 16.2. The molecule has 0 unspecified atom stereocenters. The van der Waals surface area contributed by atoms with Gasteiger partial charge in [-0.1, -0.05) is 59.7 Å². The first kappa shape index (κ1) is 17.5. The normalized spacial score (nSPS) is 15.2. The monoisotopic (exact) mass is 337 g/mol. The minimum atomic E-state index is 0.0384. The first-order chi connectivity index (χ1) is 12.1. The minimum absolute atomic E-state index is 0.0384. The van der Waals surface area contributed by atoms with Gasteiger partial charge in [-0.3, -0.25) is 4.90 Å². The number of carbonyl (C=O) groups excluding carboxylic acids is 1. The van der Waals surface area contributed by atoms with Crippen molar-refractivity contribution in [2.45, 2.75) is 26.9 Å². The average Bonchev–Trinajstić information content (AvgIpc) is 2.62. The summed E-state index contributed by atoms with van der Waals surface area (Å²) < 4.78 is 0. The number of urea groups is 1. The summed E-state index contributed by atoms with van der Waals surface area (Å²) in [5, 5.41) is 3.04. The van der Waals surface area contributed by atoms with Gasteiger partial charge in [0.2, 0.25) is 0 Å². The molecule has 1 fully saturated rings. The first-order valence-corrected chi connectivity index (χ1v) is 8.96. The number of hydrogen-bond donors (Lipinski definition) is 1. The van der Waals surface area contributed by atoms with Crippen LogP contribution >= 0.6 is 0 Å². The third-order valence-corrected chi connectivity index (χ3v) is 4.71. The maximum absolute atomic E-state index is 12.4. The van der Waals surface area contributed by atoms with E-state index in [4.69, 9.17) is 0 Å². The van der Waals surface area contributed by atoms with E-state index in [1.165, 1.54) is 16.7 Å². The fourth-order valence-electron chi connectivity index (χ4n) is 3.17. The largest absolute Gasteiger partial charge is 0.334 e. The van der Waals surface area contributed by atoms with Crippen LogP contribution in [0, 0.1) is 13.8 Å². The zero-order valence-electron chi connectivity index (χ0n) is 15.2. The molecule has 0 radical (unpaired) electrons. The van der Waals surface area contributed by atoms with Crippen LogP contribution in [0.4, 0.5) is 4.79 Å². The van der Waals surface area contributed by atoms with Gasteiger partial charge in [-0.05, 0) is 25.0 Å². The van der Waals surface area contributed by atoms with Crippen molar-refractivity contribution in [2.75, 3.05) is 26.2 Å². The molecule has 4 heteroatoms. The van der Waals surface area contributed by atoms with Gasteiger partial charge in [-0.25, -0.2) is 4.79 Å². The van der Waals surface area contributed by atoms with E-state index >= 15 is 0 Å². The predicted molar refractivity (Wildman–Crippen MR) is 101 cm³/mol. The zero-order chi connectivity index (χ0) is 17.6. The van der Waals surface area contributed by atoms with Crippen LogP contribution in [-0.4, -0.2) is 42.0 Å². The number of piperazine rings is 1. The van der Waals surface area contributed by atoms with Crippen LogP contribution in [0.5, 0.6) is 0 Å². The van der Waals surface area contributed by atoms with Crippen molar-refractivity contribution in [3.63, 3.8) is 0 Å². The van der Waals surface area contributed by atoms with Gasteiger partial charge < -0.3 is 10.2 Å². The van der Waals surface area contributed by atoms with Gasteiger partial charge >= 0.3 is 6.03 Å². The zero-order valence-corrected chi connectivity index (χ0v) is 15.2. The van der Waals surface area contributed by atoms with E-state index in [0.717, 1.165) is 38.3 Å². The van der Waals surface area contributed by atoms with Crippen LogP contribution < -0.4 is 5.32 Å². The van der Waals surface area contributed by atoms with Gasteiger partial charge in [0.15, 0.2) is 0 Å². The number of carbonyl (C=O) groups is 1. The molecule has 3 rings (SSSR count). The number of nitrogens with zero attached hydrogens (tertiary/aromatic N) is 2. The Labute approximate surface area is 150 Å². The number of rotatable bonds is 4. The van der Waals surface area contributed by atoms with Crippen molar-refractivity contribution in [1.29, 1.82) is 0 Å². The summed E-state index contributed by atoms with van der Waals surface area (Å²) in [7, 11) is 0. The highest BCUT2D eigenvalue weighted by Gasteiger charge is 2.20. The van der Waals surface area contributed by atoms with Crippen LogP contribution in [0.15, 0.2) is 48.5 Å². The standard InChI is InChI=1S/C21H27N3O/c1-17-6-8-19(9-7-17)16-23-10-12-24(13-11-23)21(25)22-15-20-5-3-4-18(2)14-20/h3-9,14H,10-13,15-16H2,1-2H3,(H,22,25). The first-order valence-electron chi connectivity index (χ1n) is 8.96. The minimum Gasteiger partial charge on any atom is -0.334 e. The summed E-state index contributed by atoms with van der Waals surface area (Å²) in [5.41, 5.74) is 4.99. The lowest BCUT2D eigenvalue weighted by Crippen LogP contribution is -2.51. The summed E-state index contributed by atoms with van der Waals surface area (Å²) in [6.07, 6.45) is 0. The van der Waals surface area contributed by atoms with E-state index in [1.54, 1.807) is 0 Å². The molecule has 0 aliphatic carbocycles. The highest BCUT2D eigenvalue weighted by Crippen LogP contribution is 2.10. The molecule has 4 nitrogen and oxygen atoms in total. The lowest BCUT2D eigenvalue weighted by atomic mass is 10.1. The summed E-state index contributed by atoms with van der Waals surface area (Å²) in [5.74, 6) is 0. The van der Waals surface area contributed by atoms with Crippen LogP contribution in [0.3, 0.4) is 0 Å². The fourth-order valence-corrected chi connectivity index (χ4v) is 3.17. The highest BCUT2D eigenvalue weighted by molar-refractivity contribution is 5.74. The molecule has 0 aromatic heterocycles. The summed E-state index contributed by atoms with van der Waals surface area (Å²) in [6.45, 7) is 9.13. The Kier molecular flexibility index (Phi) is 5.71. The molecule has 0 bridgehead atoms. The molecule has 1 aliphatic rings. The van der Waals surface area contributed by atoms with Gasteiger partial charge in [0, 0.05) is 39.3 Å². The maximum Gasteiger partial charge on any atom is 0.317 e. The Bertz CT molecular complexity index is 703. The Morgan fingerprint density at radius 3 is 2.32 bits per heavy atom. The Morgan fingerprint density at radius 1 is 0.920 bits per heavy atom. The summed E-state index contributed by atoms with van der Waals surface area (Å²) >= 11 is 0. The van der Waals surface area contributed by atoms with E-state index in [2.05, 4.69) is 60.5 Å². The second-order valence-electron chi connectivity index (χ2n) is 6.90. The van der Waals surface area contributed by atoms with Crippen LogP contribution in [0.25, 0.3) is 0 Å². The molecule has 1 aliphatic heterocycles. The molecule has 1 saturated heterocycles. The summed E-state index contributed by atoms with van der Waals surface area (Å²) in [6, 6.07) is 17.0. The topological polar surface area (TPSA) is 35.6 Å². The Hall–Kier alpha value is -2.33. The third-order valence-electron chi connectivity index (χ3n) is 4.71. The van der Waals surface area contributed by atoms with E-state index in [9.17, 15) is 4.79 Å². The summed E-state index contributed by atoms with van der Waals surface area (Å²) in [4.78, 5) is 16.7. The third kappa shape index (κ3) is 5.07. The van der Waals surface area contributed by atoms with Crippen LogP contribution in [0.1, 0.15) is 22.3 Å². The molecule has 25 heavy (non-hydrogen) atoms. The Morgan fingerprint density at radius 2 is 1.64 bits per heavy atom. The second-order valence-corrected chi connectivity index (χ2v) is 6.90. The van der Waals surface area contributed by atoms with Crippen LogP contribution in [-0.2, 0) is 13.1 Å². The Balaban J connectivity index is 1.43.